The van der Waals surface area contributed by atoms with Crippen LogP contribution >= 0.6 is 11.3 Å². The van der Waals surface area contributed by atoms with E-state index in [0.717, 1.165) is 22.3 Å². The molecule has 0 fully saturated rings. The van der Waals surface area contributed by atoms with Crippen molar-refractivity contribution in [1.29, 1.82) is 0 Å². The number of hydrogen-bond donors (Lipinski definition) is 1. The summed E-state index contributed by atoms with van der Waals surface area (Å²) >= 11 is 1.07. The molecule has 6 nitrogen and oxygen atoms in total. The highest BCUT2D eigenvalue weighted by atomic mass is 32.1. The van der Waals surface area contributed by atoms with Crippen LogP contribution in [0.25, 0.3) is 6.08 Å². The number of carbonyl (C=O) groups excluding carboxylic acids is 2. The smallest absolute Gasteiger partial charge is 0.328 e. The number of carbonyl (C=O) groups is 3. The summed E-state index contributed by atoms with van der Waals surface area (Å²) in [6.45, 7) is 0. The Hall–Kier alpha value is -2.80. The fraction of sp³-hybridized carbons (Fsp3) is 0. The van der Waals surface area contributed by atoms with Gasteiger partial charge in [-0.05, 0) is 18.2 Å². The predicted molar refractivity (Wildman–Crippen MR) is 76.4 cm³/mol. The molecule has 104 valence electrons. The van der Waals surface area contributed by atoms with Crippen molar-refractivity contribution >= 4 is 40.3 Å². The lowest BCUT2D eigenvalue weighted by atomic mass is 10.1. The van der Waals surface area contributed by atoms with E-state index in [1.165, 1.54) is 12.3 Å². The summed E-state index contributed by atoms with van der Waals surface area (Å²) in [5, 5.41) is 8.80. The molecule has 1 aromatic heterocycles. The van der Waals surface area contributed by atoms with E-state index in [4.69, 9.17) is 5.11 Å². The van der Waals surface area contributed by atoms with Crippen molar-refractivity contribution in [3.63, 3.8) is 0 Å². The van der Waals surface area contributed by atoms with Gasteiger partial charge >= 0.3 is 5.97 Å². The summed E-state index contributed by atoms with van der Waals surface area (Å²) in [6, 6.07) is 6.57. The SMILES string of the molecule is O=C(O)/C=C/c1cnc(N2C(=O)c3ccccc3C2=O)s1. The molecule has 2 heterocycles. The molecule has 2 aromatic rings. The topological polar surface area (TPSA) is 87.6 Å². The highest BCUT2D eigenvalue weighted by Gasteiger charge is 2.37. The second-order valence-electron chi connectivity index (χ2n) is 4.21. The Bertz CT molecular complexity index is 759. The van der Waals surface area contributed by atoms with Crippen molar-refractivity contribution in [1.82, 2.24) is 4.98 Å². The molecule has 1 N–H and O–H groups in total. The van der Waals surface area contributed by atoms with Crippen LogP contribution in [0.1, 0.15) is 25.6 Å². The van der Waals surface area contributed by atoms with E-state index < -0.39 is 17.8 Å². The number of carboxylic acid groups (broad SMARTS) is 1. The molecule has 1 aliphatic rings. The van der Waals surface area contributed by atoms with Crippen LogP contribution in [0, 0.1) is 0 Å². The monoisotopic (exact) mass is 300 g/mol. The van der Waals surface area contributed by atoms with E-state index in [1.807, 2.05) is 0 Å². The third-order valence-electron chi connectivity index (χ3n) is 2.89. The Morgan fingerprint density at radius 2 is 1.81 bits per heavy atom. The minimum absolute atomic E-state index is 0.228. The second kappa shape index (κ2) is 4.95. The standard InChI is InChI=1S/C14H8N2O4S/c17-11(18)6-5-8-7-15-14(21-8)16-12(19)9-3-1-2-4-10(9)13(16)20/h1-7H,(H,17,18)/b6-5+. The number of nitrogens with zero attached hydrogens (tertiary/aromatic N) is 2. The Balaban J connectivity index is 1.94. The molecule has 0 unspecified atom stereocenters. The Labute approximate surface area is 123 Å². The van der Waals surface area contributed by atoms with Crippen LogP contribution in [0.3, 0.4) is 0 Å². The fourth-order valence-electron chi connectivity index (χ4n) is 1.97. The zero-order chi connectivity index (χ0) is 15.0. The summed E-state index contributed by atoms with van der Waals surface area (Å²) in [6.07, 6.45) is 3.75. The van der Waals surface area contributed by atoms with Crippen molar-refractivity contribution in [3.05, 3.63) is 52.5 Å². The van der Waals surface area contributed by atoms with Crippen LogP contribution < -0.4 is 4.90 Å². The van der Waals surface area contributed by atoms with Gasteiger partial charge in [0.25, 0.3) is 11.8 Å². The van der Waals surface area contributed by atoms with Gasteiger partial charge in [-0.3, -0.25) is 9.59 Å². The first kappa shape index (κ1) is 13.2. The molecule has 0 saturated heterocycles. The summed E-state index contributed by atoms with van der Waals surface area (Å²) < 4.78 is 0. The number of aromatic nitrogens is 1. The molecule has 0 atom stereocenters. The summed E-state index contributed by atoms with van der Waals surface area (Å²) in [4.78, 5) is 40.5. The molecule has 21 heavy (non-hydrogen) atoms. The molecule has 7 heteroatoms. The first-order valence-corrected chi connectivity index (χ1v) is 6.74. The molecule has 0 bridgehead atoms. The van der Waals surface area contributed by atoms with E-state index >= 15 is 0 Å². The second-order valence-corrected chi connectivity index (χ2v) is 5.25. The Kier molecular flexibility index (Phi) is 3.11. The molecule has 0 aliphatic carbocycles. The number of benzene rings is 1. The molecule has 0 saturated carbocycles. The minimum Gasteiger partial charge on any atom is -0.478 e. The van der Waals surface area contributed by atoms with Crippen LogP contribution in [0.5, 0.6) is 0 Å². The van der Waals surface area contributed by atoms with Gasteiger partial charge in [0.15, 0.2) is 5.13 Å². The lowest BCUT2D eigenvalue weighted by Gasteiger charge is -2.08. The molecule has 2 amide bonds. The van der Waals surface area contributed by atoms with E-state index in [9.17, 15) is 14.4 Å². The lowest BCUT2D eigenvalue weighted by Crippen LogP contribution is -2.29. The first-order chi connectivity index (χ1) is 10.1. The number of thiazole rings is 1. The molecular weight excluding hydrogens is 292 g/mol. The zero-order valence-electron chi connectivity index (χ0n) is 10.5. The quantitative estimate of drug-likeness (QED) is 0.692. The van der Waals surface area contributed by atoms with Gasteiger partial charge in [-0.25, -0.2) is 14.7 Å². The number of anilines is 1. The zero-order valence-corrected chi connectivity index (χ0v) is 11.3. The molecular formula is C14H8N2O4S. The van der Waals surface area contributed by atoms with Crippen LogP contribution in [0.4, 0.5) is 5.13 Å². The normalized spacial score (nSPS) is 14.0. The maximum Gasteiger partial charge on any atom is 0.328 e. The van der Waals surface area contributed by atoms with Crippen molar-refractivity contribution in [2.45, 2.75) is 0 Å². The third-order valence-corrected chi connectivity index (χ3v) is 3.83. The number of rotatable bonds is 3. The summed E-state index contributed by atoms with van der Waals surface area (Å²) in [7, 11) is 0. The van der Waals surface area contributed by atoms with Crippen molar-refractivity contribution in [3.8, 4) is 0 Å². The summed E-state index contributed by atoms with van der Waals surface area (Å²) in [5.74, 6) is -1.91. The van der Waals surface area contributed by atoms with E-state index in [-0.39, 0.29) is 5.13 Å². The highest BCUT2D eigenvalue weighted by molar-refractivity contribution is 7.16. The number of aliphatic carboxylic acids is 1. The van der Waals surface area contributed by atoms with Crippen molar-refractivity contribution in [2.24, 2.45) is 0 Å². The van der Waals surface area contributed by atoms with Gasteiger partial charge in [-0.1, -0.05) is 23.5 Å². The average Bonchev–Trinajstić information content (AvgIpc) is 3.02. The molecule has 1 aromatic carbocycles. The van der Waals surface area contributed by atoms with Gasteiger partial charge in [0.05, 0.1) is 11.1 Å². The Morgan fingerprint density at radius 1 is 1.19 bits per heavy atom. The van der Waals surface area contributed by atoms with Gasteiger partial charge < -0.3 is 5.11 Å². The van der Waals surface area contributed by atoms with Gasteiger partial charge in [0.1, 0.15) is 0 Å². The number of amides is 2. The fourth-order valence-corrected chi connectivity index (χ4v) is 2.79. The molecule has 0 radical (unpaired) electrons. The maximum absolute atomic E-state index is 12.2. The minimum atomic E-state index is -1.08. The first-order valence-electron chi connectivity index (χ1n) is 5.92. The number of fused-ring (bicyclic) bond motifs is 1. The van der Waals surface area contributed by atoms with Gasteiger partial charge in [-0.15, -0.1) is 0 Å². The van der Waals surface area contributed by atoms with Crippen LogP contribution in [0.15, 0.2) is 36.5 Å². The maximum atomic E-state index is 12.2. The van der Waals surface area contributed by atoms with Crippen LogP contribution in [-0.2, 0) is 4.79 Å². The predicted octanol–water partition coefficient (Wildman–Crippen LogP) is 2.04. The lowest BCUT2D eigenvalue weighted by molar-refractivity contribution is -0.131. The molecule has 0 spiro atoms. The number of imide groups is 1. The molecule has 3 rings (SSSR count). The van der Waals surface area contributed by atoms with Gasteiger partial charge in [0.2, 0.25) is 0 Å². The largest absolute Gasteiger partial charge is 0.478 e. The van der Waals surface area contributed by atoms with E-state index in [1.54, 1.807) is 24.3 Å². The van der Waals surface area contributed by atoms with Crippen LogP contribution in [0.2, 0.25) is 0 Å². The van der Waals surface area contributed by atoms with Crippen molar-refractivity contribution in [2.75, 3.05) is 4.90 Å². The average molecular weight is 300 g/mol. The summed E-state index contributed by atoms with van der Waals surface area (Å²) in [5.41, 5.74) is 0.695. The van der Waals surface area contributed by atoms with Crippen molar-refractivity contribution < 1.29 is 19.5 Å². The van der Waals surface area contributed by atoms with E-state index in [0.29, 0.717) is 16.0 Å². The Morgan fingerprint density at radius 3 is 2.38 bits per heavy atom. The third kappa shape index (κ3) is 2.23. The molecule has 1 aliphatic heterocycles. The van der Waals surface area contributed by atoms with Gasteiger partial charge in [-0.2, -0.15) is 0 Å². The van der Waals surface area contributed by atoms with Gasteiger partial charge in [0, 0.05) is 17.2 Å². The highest BCUT2D eigenvalue weighted by Crippen LogP contribution is 2.31. The number of hydrogen-bond acceptors (Lipinski definition) is 5. The van der Waals surface area contributed by atoms with Crippen LogP contribution in [-0.4, -0.2) is 27.9 Å². The number of carboxylic acids is 1. The van der Waals surface area contributed by atoms with E-state index in [2.05, 4.69) is 4.98 Å².